The molecule has 0 amide bonds. The molecule has 0 fully saturated rings. The minimum absolute atomic E-state index is 0.0237. The molecular formula is C14H12FN3O2S. The predicted molar refractivity (Wildman–Crippen MR) is 78.2 cm³/mol. The van der Waals surface area contributed by atoms with Gasteiger partial charge in [0.05, 0.1) is 28.8 Å². The number of nitrogens with zero attached hydrogens (tertiary/aromatic N) is 1. The van der Waals surface area contributed by atoms with E-state index >= 15 is 0 Å². The highest BCUT2D eigenvalue weighted by Crippen LogP contribution is 2.22. The number of nitrogens with two attached hydrogens (primary N) is 1. The summed E-state index contributed by atoms with van der Waals surface area (Å²) in [6.45, 7) is 0. The molecule has 0 aliphatic heterocycles. The van der Waals surface area contributed by atoms with E-state index in [1.165, 1.54) is 12.1 Å². The number of benzene rings is 2. The average Bonchev–Trinajstić information content (AvgIpc) is 2.43. The lowest BCUT2D eigenvalue weighted by molar-refractivity contribution is 0.600. The van der Waals surface area contributed by atoms with Crippen molar-refractivity contribution in [3.8, 4) is 6.07 Å². The van der Waals surface area contributed by atoms with Gasteiger partial charge in [0.25, 0.3) is 0 Å². The van der Waals surface area contributed by atoms with E-state index in [4.69, 9.17) is 11.0 Å². The summed E-state index contributed by atoms with van der Waals surface area (Å²) in [4.78, 5) is 0. The van der Waals surface area contributed by atoms with Crippen molar-refractivity contribution < 1.29 is 12.8 Å². The van der Waals surface area contributed by atoms with E-state index < -0.39 is 21.6 Å². The van der Waals surface area contributed by atoms with Crippen LogP contribution in [0.25, 0.3) is 0 Å². The van der Waals surface area contributed by atoms with Gasteiger partial charge in [0.1, 0.15) is 5.82 Å². The Morgan fingerprint density at radius 3 is 2.67 bits per heavy atom. The van der Waals surface area contributed by atoms with Gasteiger partial charge in [0.2, 0.25) is 10.0 Å². The van der Waals surface area contributed by atoms with Crippen molar-refractivity contribution in [3.05, 3.63) is 59.4 Å². The first-order valence-corrected chi connectivity index (χ1v) is 7.60. The first-order valence-electron chi connectivity index (χ1n) is 5.95. The number of rotatable bonds is 4. The SMILES string of the molecule is N#Cc1ccccc1CS(=O)(=O)Nc1cc(F)ccc1N. The van der Waals surface area contributed by atoms with Gasteiger partial charge >= 0.3 is 0 Å². The van der Waals surface area contributed by atoms with Crippen LogP contribution in [-0.4, -0.2) is 8.42 Å². The summed E-state index contributed by atoms with van der Waals surface area (Å²) in [5.41, 5.74) is 6.33. The van der Waals surface area contributed by atoms with Crippen molar-refractivity contribution in [2.45, 2.75) is 5.75 Å². The summed E-state index contributed by atoms with van der Waals surface area (Å²) in [5, 5.41) is 8.95. The molecule has 0 spiro atoms. The topological polar surface area (TPSA) is 96.0 Å². The van der Waals surface area contributed by atoms with Gasteiger partial charge in [-0.05, 0) is 23.8 Å². The van der Waals surface area contributed by atoms with Crippen LogP contribution in [0, 0.1) is 17.1 Å². The number of sulfonamides is 1. The zero-order chi connectivity index (χ0) is 15.5. The molecule has 2 rings (SSSR count). The second kappa shape index (κ2) is 5.81. The minimum atomic E-state index is -3.81. The molecular weight excluding hydrogens is 293 g/mol. The van der Waals surface area contributed by atoms with Crippen LogP contribution >= 0.6 is 0 Å². The van der Waals surface area contributed by atoms with Gasteiger partial charge in [-0.3, -0.25) is 4.72 Å². The van der Waals surface area contributed by atoms with Gasteiger partial charge in [-0.1, -0.05) is 18.2 Å². The van der Waals surface area contributed by atoms with Crippen LogP contribution in [0.5, 0.6) is 0 Å². The number of anilines is 2. The molecule has 2 aromatic rings. The van der Waals surface area contributed by atoms with Crippen LogP contribution in [0.4, 0.5) is 15.8 Å². The van der Waals surface area contributed by atoms with Crippen LogP contribution in [0.1, 0.15) is 11.1 Å². The van der Waals surface area contributed by atoms with Crippen molar-refractivity contribution in [1.29, 1.82) is 5.26 Å². The predicted octanol–water partition coefficient (Wildman–Crippen LogP) is 2.22. The van der Waals surface area contributed by atoms with E-state index in [2.05, 4.69) is 4.72 Å². The monoisotopic (exact) mass is 305 g/mol. The van der Waals surface area contributed by atoms with Gasteiger partial charge in [0.15, 0.2) is 0 Å². The average molecular weight is 305 g/mol. The fraction of sp³-hybridized carbons (Fsp3) is 0.0714. The normalized spacial score (nSPS) is 10.9. The maximum Gasteiger partial charge on any atom is 0.237 e. The van der Waals surface area contributed by atoms with E-state index in [-0.39, 0.29) is 16.9 Å². The zero-order valence-electron chi connectivity index (χ0n) is 10.9. The van der Waals surface area contributed by atoms with E-state index in [9.17, 15) is 12.8 Å². The van der Waals surface area contributed by atoms with Gasteiger partial charge in [-0.2, -0.15) is 5.26 Å². The van der Waals surface area contributed by atoms with Gasteiger partial charge in [0, 0.05) is 6.07 Å². The number of nitriles is 1. The Labute approximate surface area is 121 Å². The fourth-order valence-electron chi connectivity index (χ4n) is 1.78. The molecule has 0 heterocycles. The zero-order valence-corrected chi connectivity index (χ0v) is 11.7. The van der Waals surface area contributed by atoms with Crippen molar-refractivity contribution in [2.24, 2.45) is 0 Å². The third-order valence-electron chi connectivity index (χ3n) is 2.76. The Bertz CT molecular complexity index is 813. The van der Waals surface area contributed by atoms with E-state index in [0.717, 1.165) is 12.1 Å². The maximum atomic E-state index is 13.1. The van der Waals surface area contributed by atoms with Crippen LogP contribution in [-0.2, 0) is 15.8 Å². The molecule has 0 aromatic heterocycles. The van der Waals surface area contributed by atoms with Crippen LogP contribution in [0.3, 0.4) is 0 Å². The summed E-state index contributed by atoms with van der Waals surface area (Å²) in [6, 6.07) is 11.7. The lowest BCUT2D eigenvalue weighted by atomic mass is 10.1. The molecule has 5 nitrogen and oxygen atoms in total. The van der Waals surface area contributed by atoms with E-state index in [0.29, 0.717) is 5.56 Å². The largest absolute Gasteiger partial charge is 0.397 e. The van der Waals surface area contributed by atoms with Gasteiger partial charge in [-0.25, -0.2) is 12.8 Å². The van der Waals surface area contributed by atoms with Crippen LogP contribution in [0.15, 0.2) is 42.5 Å². The molecule has 0 atom stereocenters. The molecule has 0 unspecified atom stereocenters. The van der Waals surface area contributed by atoms with Crippen molar-refractivity contribution in [3.63, 3.8) is 0 Å². The molecule has 0 aliphatic carbocycles. The molecule has 0 saturated heterocycles. The molecule has 0 saturated carbocycles. The molecule has 7 heteroatoms. The second-order valence-electron chi connectivity index (χ2n) is 4.36. The first-order chi connectivity index (χ1) is 9.91. The van der Waals surface area contributed by atoms with E-state index in [1.54, 1.807) is 18.2 Å². The molecule has 21 heavy (non-hydrogen) atoms. The molecule has 3 N–H and O–H groups in total. The summed E-state index contributed by atoms with van der Waals surface area (Å²) in [5.74, 6) is -0.994. The first kappa shape index (κ1) is 14.8. The molecule has 2 aromatic carbocycles. The van der Waals surface area contributed by atoms with Crippen LogP contribution < -0.4 is 10.5 Å². The Kier molecular flexibility index (Phi) is 4.10. The molecule has 0 bridgehead atoms. The third kappa shape index (κ3) is 3.70. The van der Waals surface area contributed by atoms with Gasteiger partial charge < -0.3 is 5.73 Å². The quantitative estimate of drug-likeness (QED) is 0.846. The van der Waals surface area contributed by atoms with Crippen LogP contribution in [0.2, 0.25) is 0 Å². The van der Waals surface area contributed by atoms with Crippen molar-refractivity contribution in [2.75, 3.05) is 10.5 Å². The Balaban J connectivity index is 2.27. The Hall–Kier alpha value is -2.59. The van der Waals surface area contributed by atoms with Gasteiger partial charge in [-0.15, -0.1) is 0 Å². The Morgan fingerprint density at radius 2 is 1.95 bits per heavy atom. The second-order valence-corrected chi connectivity index (χ2v) is 6.08. The minimum Gasteiger partial charge on any atom is -0.397 e. The highest BCUT2D eigenvalue weighted by Gasteiger charge is 2.16. The highest BCUT2D eigenvalue weighted by molar-refractivity contribution is 7.91. The van der Waals surface area contributed by atoms with Crippen molar-refractivity contribution in [1.82, 2.24) is 0 Å². The number of halogens is 1. The van der Waals surface area contributed by atoms with E-state index in [1.807, 2.05) is 6.07 Å². The summed E-state index contributed by atoms with van der Waals surface area (Å²) >= 11 is 0. The lowest BCUT2D eigenvalue weighted by Gasteiger charge is -2.11. The molecule has 0 radical (unpaired) electrons. The fourth-order valence-corrected chi connectivity index (χ4v) is 3.03. The smallest absolute Gasteiger partial charge is 0.237 e. The molecule has 0 aliphatic rings. The summed E-state index contributed by atoms with van der Waals surface area (Å²) in [6.07, 6.45) is 0. The van der Waals surface area contributed by atoms with Crippen molar-refractivity contribution >= 4 is 21.4 Å². The molecule has 108 valence electrons. The number of nitrogen functional groups attached to an aromatic ring is 1. The highest BCUT2D eigenvalue weighted by atomic mass is 32.2. The number of nitrogens with one attached hydrogen (secondary N) is 1. The number of hydrogen-bond donors (Lipinski definition) is 2. The maximum absolute atomic E-state index is 13.1. The number of hydrogen-bond acceptors (Lipinski definition) is 4. The third-order valence-corrected chi connectivity index (χ3v) is 3.99. The summed E-state index contributed by atoms with van der Waals surface area (Å²) in [7, 11) is -3.81. The summed E-state index contributed by atoms with van der Waals surface area (Å²) < 4.78 is 39.6. The Morgan fingerprint density at radius 1 is 1.24 bits per heavy atom. The standard InChI is InChI=1S/C14H12FN3O2S/c15-12-5-6-13(17)14(7-12)18-21(19,20)9-11-4-2-1-3-10(11)8-16/h1-7,18H,9,17H2. The lowest BCUT2D eigenvalue weighted by Crippen LogP contribution is -2.16.